The maximum absolute atomic E-state index is 12.9. The van der Waals surface area contributed by atoms with Gasteiger partial charge in [0.15, 0.2) is 5.82 Å². The van der Waals surface area contributed by atoms with Crippen LogP contribution in [0.3, 0.4) is 0 Å². The lowest BCUT2D eigenvalue weighted by Gasteiger charge is -2.04. The highest BCUT2D eigenvalue weighted by Gasteiger charge is 2.07. The third kappa shape index (κ3) is 2.94. The first-order valence-electron chi connectivity index (χ1n) is 6.42. The van der Waals surface area contributed by atoms with Crippen LogP contribution in [0, 0.1) is 5.82 Å². The van der Waals surface area contributed by atoms with E-state index < -0.39 is 0 Å². The molecule has 0 atom stereocenters. The number of hydrogen-bond acceptors (Lipinski definition) is 2. The van der Waals surface area contributed by atoms with Gasteiger partial charge in [0.25, 0.3) is 0 Å². The Balaban J connectivity index is 0.000000704. The van der Waals surface area contributed by atoms with Crippen molar-refractivity contribution in [1.82, 2.24) is 9.97 Å². The quantitative estimate of drug-likeness (QED) is 0.581. The largest absolute Gasteiger partial charge is 0.228 e. The number of hydrogen-bond donors (Lipinski definition) is 0. The molecule has 2 aromatic carbocycles. The number of rotatable bonds is 1. The molecule has 0 spiro atoms. The van der Waals surface area contributed by atoms with E-state index >= 15 is 0 Å². The van der Waals surface area contributed by atoms with Gasteiger partial charge in [-0.1, -0.05) is 37.6 Å². The molecule has 0 aliphatic heterocycles. The van der Waals surface area contributed by atoms with Crippen LogP contribution in [0.15, 0.2) is 48.5 Å². The zero-order chi connectivity index (χ0) is 14.5. The summed E-state index contributed by atoms with van der Waals surface area (Å²) in [6.07, 6.45) is 0. The van der Waals surface area contributed by atoms with Gasteiger partial charge < -0.3 is 0 Å². The number of aromatic nitrogens is 2. The second kappa shape index (κ2) is 6.44. The lowest BCUT2D eigenvalue weighted by Crippen LogP contribution is -1.91. The Hall–Kier alpha value is -2.00. The summed E-state index contributed by atoms with van der Waals surface area (Å²) < 4.78 is 12.9. The molecule has 1 aromatic heterocycles. The normalized spacial score (nSPS) is 10.0. The van der Waals surface area contributed by atoms with E-state index in [1.165, 1.54) is 12.1 Å². The van der Waals surface area contributed by atoms with Gasteiger partial charge in [-0.25, -0.2) is 14.4 Å². The molecule has 1 heterocycles. The predicted octanol–water partition coefficient (Wildman–Crippen LogP) is 5.12. The van der Waals surface area contributed by atoms with Crippen molar-refractivity contribution < 1.29 is 4.39 Å². The number of nitrogens with zero attached hydrogens (tertiary/aromatic N) is 2. The summed E-state index contributed by atoms with van der Waals surface area (Å²) in [5.74, 6) is 0.212. The molecule has 2 nitrogen and oxygen atoms in total. The summed E-state index contributed by atoms with van der Waals surface area (Å²) >= 11 is 6.12. The molecular weight excluding hydrogens is 275 g/mol. The van der Waals surface area contributed by atoms with E-state index in [1.54, 1.807) is 12.1 Å². The van der Waals surface area contributed by atoms with Crippen molar-refractivity contribution in [3.8, 4) is 11.4 Å². The fourth-order valence-electron chi connectivity index (χ4n) is 1.77. The van der Waals surface area contributed by atoms with E-state index in [9.17, 15) is 4.39 Å². The molecule has 0 bridgehead atoms. The highest BCUT2D eigenvalue weighted by molar-refractivity contribution is 6.34. The third-order valence-corrected chi connectivity index (χ3v) is 2.95. The minimum atomic E-state index is -0.286. The third-order valence-electron chi connectivity index (χ3n) is 2.66. The number of para-hydroxylation sites is 1. The smallest absolute Gasteiger partial charge is 0.161 e. The van der Waals surface area contributed by atoms with E-state index in [4.69, 9.17) is 11.6 Å². The Morgan fingerprint density at radius 3 is 2.25 bits per heavy atom. The number of benzene rings is 2. The molecular formula is C16H14ClFN2. The molecule has 0 unspecified atom stereocenters. The van der Waals surface area contributed by atoms with Crippen molar-refractivity contribution in [2.45, 2.75) is 13.8 Å². The highest BCUT2D eigenvalue weighted by Crippen LogP contribution is 2.24. The van der Waals surface area contributed by atoms with E-state index in [0.29, 0.717) is 11.0 Å². The van der Waals surface area contributed by atoms with Crippen LogP contribution in [-0.4, -0.2) is 9.97 Å². The molecule has 3 aromatic rings. The van der Waals surface area contributed by atoms with Crippen LogP contribution < -0.4 is 0 Å². The van der Waals surface area contributed by atoms with Crippen LogP contribution >= 0.6 is 11.6 Å². The fraction of sp³-hybridized carbons (Fsp3) is 0.125. The van der Waals surface area contributed by atoms with Crippen LogP contribution in [0.5, 0.6) is 0 Å². The van der Waals surface area contributed by atoms with Gasteiger partial charge in [-0.2, -0.15) is 0 Å². The van der Waals surface area contributed by atoms with Crippen molar-refractivity contribution in [2.75, 3.05) is 0 Å². The Morgan fingerprint density at radius 1 is 0.900 bits per heavy atom. The van der Waals surface area contributed by atoms with Gasteiger partial charge in [-0.3, -0.25) is 0 Å². The van der Waals surface area contributed by atoms with Crippen LogP contribution in [-0.2, 0) is 0 Å². The molecule has 20 heavy (non-hydrogen) atoms. The van der Waals surface area contributed by atoms with Crippen molar-refractivity contribution in [3.05, 3.63) is 59.5 Å². The van der Waals surface area contributed by atoms with Gasteiger partial charge in [0.05, 0.1) is 5.52 Å². The average molecular weight is 289 g/mol. The minimum Gasteiger partial charge on any atom is -0.228 e. The van der Waals surface area contributed by atoms with Crippen LogP contribution in [0.2, 0.25) is 5.15 Å². The van der Waals surface area contributed by atoms with Crippen LogP contribution in [0.1, 0.15) is 13.8 Å². The van der Waals surface area contributed by atoms with E-state index in [1.807, 2.05) is 38.1 Å². The first-order valence-corrected chi connectivity index (χ1v) is 6.80. The molecule has 0 aliphatic rings. The van der Waals surface area contributed by atoms with Gasteiger partial charge >= 0.3 is 0 Å². The molecule has 102 valence electrons. The molecule has 0 amide bonds. The number of fused-ring (bicyclic) bond motifs is 1. The van der Waals surface area contributed by atoms with Crippen LogP contribution in [0.25, 0.3) is 22.3 Å². The van der Waals surface area contributed by atoms with Crippen molar-refractivity contribution >= 4 is 22.5 Å². The second-order valence-corrected chi connectivity index (χ2v) is 4.22. The maximum atomic E-state index is 12.9. The molecule has 0 saturated carbocycles. The fourth-order valence-corrected chi connectivity index (χ4v) is 2.01. The van der Waals surface area contributed by atoms with Gasteiger partial charge in [-0.05, 0) is 36.4 Å². The van der Waals surface area contributed by atoms with Crippen molar-refractivity contribution in [2.24, 2.45) is 0 Å². The standard InChI is InChI=1S/C14H8ClFN2.C2H6/c15-13-11-3-1-2-4-12(11)17-14(18-13)9-5-7-10(16)8-6-9;1-2/h1-8H;1-2H3. The predicted molar refractivity (Wildman–Crippen MR) is 81.3 cm³/mol. The number of halogens is 2. The zero-order valence-corrected chi connectivity index (χ0v) is 12.0. The molecule has 0 saturated heterocycles. The molecule has 3 rings (SSSR count). The summed E-state index contributed by atoms with van der Waals surface area (Å²) in [6, 6.07) is 13.5. The van der Waals surface area contributed by atoms with Gasteiger partial charge in [0.2, 0.25) is 0 Å². The van der Waals surface area contributed by atoms with Crippen LogP contribution in [0.4, 0.5) is 4.39 Å². The Bertz CT molecular complexity index is 711. The summed E-state index contributed by atoms with van der Waals surface area (Å²) in [5, 5.41) is 1.21. The van der Waals surface area contributed by atoms with Gasteiger partial charge in [0, 0.05) is 10.9 Å². The summed E-state index contributed by atoms with van der Waals surface area (Å²) in [4.78, 5) is 8.65. The zero-order valence-electron chi connectivity index (χ0n) is 11.3. The Morgan fingerprint density at radius 2 is 1.55 bits per heavy atom. The lowest BCUT2D eigenvalue weighted by molar-refractivity contribution is 0.628. The molecule has 0 radical (unpaired) electrons. The summed E-state index contributed by atoms with van der Waals surface area (Å²) in [6.45, 7) is 4.00. The summed E-state index contributed by atoms with van der Waals surface area (Å²) in [7, 11) is 0. The Labute approximate surface area is 122 Å². The van der Waals surface area contributed by atoms with Crippen molar-refractivity contribution in [1.29, 1.82) is 0 Å². The SMILES string of the molecule is CC.Fc1ccc(-c2nc(Cl)c3ccccc3n2)cc1. The first-order chi connectivity index (χ1) is 9.74. The molecule has 0 fully saturated rings. The topological polar surface area (TPSA) is 25.8 Å². The molecule has 0 N–H and O–H groups in total. The van der Waals surface area contributed by atoms with Gasteiger partial charge in [0.1, 0.15) is 11.0 Å². The molecule has 4 heteroatoms. The second-order valence-electron chi connectivity index (χ2n) is 3.86. The minimum absolute atomic E-state index is 0.286. The van der Waals surface area contributed by atoms with E-state index in [2.05, 4.69) is 9.97 Å². The van der Waals surface area contributed by atoms with E-state index in [-0.39, 0.29) is 5.82 Å². The molecule has 0 aliphatic carbocycles. The average Bonchev–Trinajstić information content (AvgIpc) is 2.50. The highest BCUT2D eigenvalue weighted by atomic mass is 35.5. The first kappa shape index (κ1) is 14.4. The monoisotopic (exact) mass is 288 g/mol. The lowest BCUT2D eigenvalue weighted by atomic mass is 10.2. The summed E-state index contributed by atoms with van der Waals surface area (Å²) in [5.41, 5.74) is 1.51. The Kier molecular flexibility index (Phi) is 4.64. The maximum Gasteiger partial charge on any atom is 0.161 e. The van der Waals surface area contributed by atoms with Gasteiger partial charge in [-0.15, -0.1) is 0 Å². The van der Waals surface area contributed by atoms with Crippen molar-refractivity contribution in [3.63, 3.8) is 0 Å². The van der Waals surface area contributed by atoms with E-state index in [0.717, 1.165) is 16.5 Å².